The maximum absolute atomic E-state index is 12.8. The highest BCUT2D eigenvalue weighted by molar-refractivity contribution is 6.04. The fourth-order valence-electron chi connectivity index (χ4n) is 2.65. The van der Waals surface area contributed by atoms with Crippen LogP contribution < -0.4 is 16.4 Å². The van der Waals surface area contributed by atoms with E-state index in [0.29, 0.717) is 17.8 Å². The summed E-state index contributed by atoms with van der Waals surface area (Å²) >= 11 is 0. The van der Waals surface area contributed by atoms with Crippen LogP contribution in [-0.2, 0) is 17.4 Å². The SMILES string of the molecule is CC(Cc1cccc(C(F)(F)F)c1)C(=O)Nc1ccccc1C(=O)NCCN.Cl. The van der Waals surface area contributed by atoms with Gasteiger partial charge in [-0.2, -0.15) is 13.2 Å². The molecule has 0 saturated heterocycles. The molecular formula is C20H23ClF3N3O2. The maximum Gasteiger partial charge on any atom is 0.416 e. The fourth-order valence-corrected chi connectivity index (χ4v) is 2.65. The van der Waals surface area contributed by atoms with Crippen molar-refractivity contribution in [2.75, 3.05) is 18.4 Å². The molecule has 2 aromatic carbocycles. The van der Waals surface area contributed by atoms with Gasteiger partial charge in [-0.1, -0.05) is 37.3 Å². The Kier molecular flexibility index (Phi) is 9.13. The predicted octanol–water partition coefficient (Wildman–Crippen LogP) is 3.63. The standard InChI is InChI=1S/C20H22F3N3O2.ClH/c1-13(11-14-5-4-6-15(12-14)20(21,22)23)18(27)26-17-8-3-2-7-16(17)19(28)25-10-9-24;/h2-8,12-13H,9-11,24H2,1H3,(H,25,28)(H,26,27);1H. The molecule has 0 radical (unpaired) electrons. The second kappa shape index (κ2) is 10.8. The average Bonchev–Trinajstić information content (AvgIpc) is 2.66. The predicted molar refractivity (Wildman–Crippen MR) is 108 cm³/mol. The third-order valence-electron chi connectivity index (χ3n) is 4.10. The minimum Gasteiger partial charge on any atom is -0.351 e. The van der Waals surface area contributed by atoms with Crippen molar-refractivity contribution in [1.82, 2.24) is 5.32 Å². The third kappa shape index (κ3) is 7.07. The molecule has 0 aliphatic heterocycles. The summed E-state index contributed by atoms with van der Waals surface area (Å²) in [5.41, 5.74) is 5.65. The zero-order valence-electron chi connectivity index (χ0n) is 15.8. The molecule has 0 aromatic heterocycles. The minimum atomic E-state index is -4.43. The van der Waals surface area contributed by atoms with Crippen LogP contribution in [0.25, 0.3) is 0 Å². The van der Waals surface area contributed by atoms with Gasteiger partial charge in [0.25, 0.3) is 5.91 Å². The molecule has 0 saturated carbocycles. The molecule has 2 aromatic rings. The Morgan fingerprint density at radius 1 is 1.10 bits per heavy atom. The van der Waals surface area contributed by atoms with E-state index < -0.39 is 23.6 Å². The van der Waals surface area contributed by atoms with E-state index in [1.165, 1.54) is 6.07 Å². The molecule has 5 nitrogen and oxygen atoms in total. The lowest BCUT2D eigenvalue weighted by Crippen LogP contribution is -2.30. The highest BCUT2D eigenvalue weighted by Gasteiger charge is 2.30. The van der Waals surface area contributed by atoms with Crippen molar-refractivity contribution in [3.05, 3.63) is 65.2 Å². The van der Waals surface area contributed by atoms with E-state index in [9.17, 15) is 22.8 Å². The van der Waals surface area contributed by atoms with Crippen molar-refractivity contribution in [2.45, 2.75) is 19.5 Å². The van der Waals surface area contributed by atoms with E-state index in [1.54, 1.807) is 37.3 Å². The van der Waals surface area contributed by atoms with Gasteiger partial charge in [-0.3, -0.25) is 9.59 Å². The minimum absolute atomic E-state index is 0. The first-order chi connectivity index (χ1) is 13.2. The molecular weight excluding hydrogens is 407 g/mol. The lowest BCUT2D eigenvalue weighted by atomic mass is 9.98. The van der Waals surface area contributed by atoms with Crippen LogP contribution in [-0.4, -0.2) is 24.9 Å². The summed E-state index contributed by atoms with van der Waals surface area (Å²) in [7, 11) is 0. The number of hydrogen-bond acceptors (Lipinski definition) is 3. The topological polar surface area (TPSA) is 84.2 Å². The number of alkyl halides is 3. The molecule has 4 N–H and O–H groups in total. The molecule has 0 spiro atoms. The molecule has 0 aliphatic rings. The van der Waals surface area contributed by atoms with Gasteiger partial charge in [0.2, 0.25) is 5.91 Å². The normalized spacial score (nSPS) is 11.9. The van der Waals surface area contributed by atoms with E-state index in [4.69, 9.17) is 5.73 Å². The molecule has 0 fully saturated rings. The van der Waals surface area contributed by atoms with Crippen LogP contribution in [0, 0.1) is 5.92 Å². The molecule has 0 aliphatic carbocycles. The monoisotopic (exact) mass is 429 g/mol. The van der Waals surface area contributed by atoms with Crippen molar-refractivity contribution in [2.24, 2.45) is 11.7 Å². The summed E-state index contributed by atoms with van der Waals surface area (Å²) < 4.78 is 38.5. The highest BCUT2D eigenvalue weighted by atomic mass is 35.5. The van der Waals surface area contributed by atoms with Crippen molar-refractivity contribution in [1.29, 1.82) is 0 Å². The Balaban J connectivity index is 0.00000420. The molecule has 9 heteroatoms. The average molecular weight is 430 g/mol. The molecule has 2 amide bonds. The summed E-state index contributed by atoms with van der Waals surface area (Å²) in [6.45, 7) is 2.20. The molecule has 0 bridgehead atoms. The van der Waals surface area contributed by atoms with Crippen LogP contribution >= 0.6 is 12.4 Å². The Labute approximate surface area is 173 Å². The van der Waals surface area contributed by atoms with Gasteiger partial charge in [-0.05, 0) is 30.2 Å². The number of hydrogen-bond donors (Lipinski definition) is 3. The van der Waals surface area contributed by atoms with Gasteiger partial charge in [0.05, 0.1) is 16.8 Å². The number of anilines is 1. The number of carbonyl (C=O) groups is 2. The Morgan fingerprint density at radius 2 is 1.79 bits per heavy atom. The zero-order chi connectivity index (χ0) is 20.7. The quantitative estimate of drug-likeness (QED) is 0.628. The molecule has 2 rings (SSSR count). The molecule has 1 atom stereocenters. The summed E-state index contributed by atoms with van der Waals surface area (Å²) in [5, 5.41) is 5.31. The van der Waals surface area contributed by atoms with Crippen LogP contribution in [0.1, 0.15) is 28.4 Å². The van der Waals surface area contributed by atoms with Crippen molar-refractivity contribution in [3.8, 4) is 0 Å². The second-order valence-corrected chi connectivity index (χ2v) is 6.38. The second-order valence-electron chi connectivity index (χ2n) is 6.38. The van der Waals surface area contributed by atoms with Gasteiger partial charge in [0, 0.05) is 19.0 Å². The van der Waals surface area contributed by atoms with Gasteiger partial charge < -0.3 is 16.4 Å². The number of rotatable bonds is 7. The van der Waals surface area contributed by atoms with Crippen LogP contribution in [0.15, 0.2) is 48.5 Å². The van der Waals surface area contributed by atoms with Crippen LogP contribution in [0.2, 0.25) is 0 Å². The van der Waals surface area contributed by atoms with Gasteiger partial charge >= 0.3 is 6.18 Å². The zero-order valence-corrected chi connectivity index (χ0v) is 16.6. The molecule has 0 heterocycles. The molecule has 158 valence electrons. The molecule has 29 heavy (non-hydrogen) atoms. The number of benzene rings is 2. The number of amides is 2. The van der Waals surface area contributed by atoms with Gasteiger partial charge in [0.1, 0.15) is 0 Å². The van der Waals surface area contributed by atoms with E-state index in [0.717, 1.165) is 12.1 Å². The van der Waals surface area contributed by atoms with Crippen molar-refractivity contribution in [3.63, 3.8) is 0 Å². The summed E-state index contributed by atoms with van der Waals surface area (Å²) in [4.78, 5) is 24.7. The van der Waals surface area contributed by atoms with Gasteiger partial charge in [0.15, 0.2) is 0 Å². The number of carbonyl (C=O) groups excluding carboxylic acids is 2. The smallest absolute Gasteiger partial charge is 0.351 e. The largest absolute Gasteiger partial charge is 0.416 e. The summed E-state index contributed by atoms with van der Waals surface area (Å²) in [6, 6.07) is 11.4. The van der Waals surface area contributed by atoms with Gasteiger partial charge in [-0.15, -0.1) is 12.4 Å². The number of para-hydroxylation sites is 1. The van der Waals surface area contributed by atoms with Crippen LogP contribution in [0.3, 0.4) is 0 Å². The highest BCUT2D eigenvalue weighted by Crippen LogP contribution is 2.30. The van der Waals surface area contributed by atoms with E-state index in [1.807, 2.05) is 0 Å². The molecule has 1 unspecified atom stereocenters. The Bertz CT molecular complexity index is 844. The van der Waals surface area contributed by atoms with Crippen molar-refractivity contribution >= 4 is 29.9 Å². The van der Waals surface area contributed by atoms with E-state index >= 15 is 0 Å². The first kappa shape index (κ1) is 24.5. The Hall–Kier alpha value is -2.58. The summed E-state index contributed by atoms with van der Waals surface area (Å²) in [5.74, 6) is -1.35. The number of nitrogens with one attached hydrogen (secondary N) is 2. The lowest BCUT2D eigenvalue weighted by Gasteiger charge is -2.16. The van der Waals surface area contributed by atoms with Crippen molar-refractivity contribution < 1.29 is 22.8 Å². The maximum atomic E-state index is 12.8. The first-order valence-electron chi connectivity index (χ1n) is 8.76. The first-order valence-corrected chi connectivity index (χ1v) is 8.76. The van der Waals surface area contributed by atoms with Crippen LogP contribution in [0.5, 0.6) is 0 Å². The van der Waals surface area contributed by atoms with Gasteiger partial charge in [-0.25, -0.2) is 0 Å². The van der Waals surface area contributed by atoms with Crippen LogP contribution in [0.4, 0.5) is 18.9 Å². The summed E-state index contributed by atoms with van der Waals surface area (Å²) in [6.07, 6.45) is -4.30. The Morgan fingerprint density at radius 3 is 2.45 bits per heavy atom. The van der Waals surface area contributed by atoms with E-state index in [2.05, 4.69) is 10.6 Å². The van der Waals surface area contributed by atoms with E-state index in [-0.39, 0.29) is 36.8 Å². The number of nitrogens with two attached hydrogens (primary N) is 1. The fraction of sp³-hybridized carbons (Fsp3) is 0.300. The lowest BCUT2D eigenvalue weighted by molar-refractivity contribution is -0.137. The number of halogens is 4. The third-order valence-corrected chi connectivity index (χ3v) is 4.10.